The Labute approximate surface area is 125 Å². The van der Waals surface area contributed by atoms with E-state index < -0.39 is 0 Å². The zero-order valence-corrected chi connectivity index (χ0v) is 12.4. The molecule has 1 aliphatic rings. The highest BCUT2D eigenvalue weighted by molar-refractivity contribution is 5.93. The van der Waals surface area contributed by atoms with Gasteiger partial charge in [0, 0.05) is 0 Å². The van der Waals surface area contributed by atoms with Crippen molar-refractivity contribution in [1.82, 2.24) is 10.2 Å². The number of anilines is 1. The molecule has 1 aromatic carbocycles. The molecule has 0 bridgehead atoms. The molecule has 21 heavy (non-hydrogen) atoms. The highest BCUT2D eigenvalue weighted by Crippen LogP contribution is 2.17. The lowest BCUT2D eigenvalue weighted by molar-refractivity contribution is -0.117. The molecule has 0 spiro atoms. The first-order chi connectivity index (χ1) is 10.2. The van der Waals surface area contributed by atoms with Crippen molar-refractivity contribution in [2.75, 3.05) is 38.5 Å². The van der Waals surface area contributed by atoms with E-state index >= 15 is 0 Å². The van der Waals surface area contributed by atoms with Crippen LogP contribution in [0.1, 0.15) is 18.4 Å². The lowest BCUT2D eigenvalue weighted by Gasteiger charge is -2.31. The number of hydrogen-bond acceptors (Lipinski definition) is 4. The first-order valence-corrected chi connectivity index (χ1v) is 7.39. The third kappa shape index (κ3) is 4.55. The second-order valence-corrected chi connectivity index (χ2v) is 5.48. The molecule has 1 aliphatic heterocycles. The number of rotatable bonds is 5. The van der Waals surface area contributed by atoms with Crippen LogP contribution in [0.2, 0.25) is 0 Å². The van der Waals surface area contributed by atoms with Crippen molar-refractivity contribution in [3.8, 4) is 6.07 Å². The summed E-state index contributed by atoms with van der Waals surface area (Å²) in [7, 11) is 1.98. The Balaban J connectivity index is 1.82. The summed E-state index contributed by atoms with van der Waals surface area (Å²) in [6.45, 7) is 3.36. The number of likely N-dealkylation sites (tertiary alicyclic amines) is 1. The molecule has 112 valence electrons. The lowest BCUT2D eigenvalue weighted by atomic mass is 9.97. The van der Waals surface area contributed by atoms with Gasteiger partial charge in [-0.1, -0.05) is 12.1 Å². The summed E-state index contributed by atoms with van der Waals surface area (Å²) >= 11 is 0. The predicted octanol–water partition coefficient (Wildman–Crippen LogP) is 1.43. The van der Waals surface area contributed by atoms with Crippen LogP contribution in [0.3, 0.4) is 0 Å². The van der Waals surface area contributed by atoms with E-state index in [9.17, 15) is 4.79 Å². The van der Waals surface area contributed by atoms with E-state index in [1.807, 2.05) is 13.1 Å². The summed E-state index contributed by atoms with van der Waals surface area (Å²) in [4.78, 5) is 14.3. The maximum atomic E-state index is 12.1. The number of carbonyl (C=O) groups excluding carboxylic acids is 1. The Morgan fingerprint density at radius 1 is 1.38 bits per heavy atom. The first kappa shape index (κ1) is 15.5. The van der Waals surface area contributed by atoms with Crippen molar-refractivity contribution in [2.24, 2.45) is 5.92 Å². The number of carbonyl (C=O) groups is 1. The van der Waals surface area contributed by atoms with E-state index in [1.165, 1.54) is 0 Å². The fraction of sp³-hybridized carbons (Fsp3) is 0.500. The largest absolute Gasteiger partial charge is 0.324 e. The third-order valence-electron chi connectivity index (χ3n) is 3.89. The van der Waals surface area contributed by atoms with Gasteiger partial charge in [0.1, 0.15) is 6.07 Å². The number of nitriles is 1. The lowest BCUT2D eigenvalue weighted by Crippen LogP contribution is -2.40. The van der Waals surface area contributed by atoms with Gasteiger partial charge < -0.3 is 10.6 Å². The van der Waals surface area contributed by atoms with E-state index in [0.29, 0.717) is 23.7 Å². The number of piperidine rings is 1. The number of nitrogens with one attached hydrogen (secondary N) is 2. The van der Waals surface area contributed by atoms with Crippen LogP contribution >= 0.6 is 0 Å². The highest BCUT2D eigenvalue weighted by atomic mass is 16.2. The Hall–Kier alpha value is -1.90. The molecule has 2 rings (SSSR count). The molecular formula is C16H22N4O. The Morgan fingerprint density at radius 3 is 2.76 bits per heavy atom. The molecule has 0 aliphatic carbocycles. The second kappa shape index (κ2) is 7.77. The normalized spacial score (nSPS) is 16.4. The number of benzene rings is 1. The molecule has 0 radical (unpaired) electrons. The van der Waals surface area contributed by atoms with Crippen molar-refractivity contribution in [1.29, 1.82) is 5.26 Å². The fourth-order valence-corrected chi connectivity index (χ4v) is 2.72. The minimum absolute atomic E-state index is 0.0511. The Kier molecular flexibility index (Phi) is 5.73. The molecule has 5 heteroatoms. The minimum atomic E-state index is -0.0511. The number of hydrogen-bond donors (Lipinski definition) is 2. The van der Waals surface area contributed by atoms with Crippen molar-refractivity contribution in [2.45, 2.75) is 12.8 Å². The van der Waals surface area contributed by atoms with E-state index in [-0.39, 0.29) is 5.91 Å². The zero-order chi connectivity index (χ0) is 15.1. The predicted molar refractivity (Wildman–Crippen MR) is 82.9 cm³/mol. The topological polar surface area (TPSA) is 68.2 Å². The smallest absolute Gasteiger partial charge is 0.238 e. The summed E-state index contributed by atoms with van der Waals surface area (Å²) in [5.74, 6) is 0.665. The third-order valence-corrected chi connectivity index (χ3v) is 3.89. The summed E-state index contributed by atoms with van der Waals surface area (Å²) in [5.41, 5.74) is 1.09. The van der Waals surface area contributed by atoms with Gasteiger partial charge >= 0.3 is 0 Å². The Morgan fingerprint density at radius 2 is 2.10 bits per heavy atom. The molecule has 0 atom stereocenters. The SMILES string of the molecule is CNCC1CCN(CC(=O)Nc2ccccc2C#N)CC1. The standard InChI is InChI=1S/C16H22N4O/c1-18-11-13-6-8-20(9-7-13)12-16(21)19-15-5-3-2-4-14(15)10-17/h2-5,13,18H,6-9,11-12H2,1H3,(H,19,21). The molecule has 2 N–H and O–H groups in total. The van der Waals surface area contributed by atoms with Crippen LogP contribution < -0.4 is 10.6 Å². The number of nitrogens with zero attached hydrogens (tertiary/aromatic N) is 2. The zero-order valence-electron chi connectivity index (χ0n) is 12.4. The van der Waals surface area contributed by atoms with E-state index in [0.717, 1.165) is 32.5 Å². The summed E-state index contributed by atoms with van der Waals surface area (Å²) in [5, 5.41) is 15.1. The molecule has 5 nitrogen and oxygen atoms in total. The van der Waals surface area contributed by atoms with Gasteiger partial charge in [0.15, 0.2) is 0 Å². The van der Waals surface area contributed by atoms with Gasteiger partial charge in [-0.05, 0) is 57.6 Å². The van der Waals surface area contributed by atoms with Crippen LogP contribution in [-0.2, 0) is 4.79 Å². The van der Waals surface area contributed by atoms with Gasteiger partial charge in [-0.3, -0.25) is 9.69 Å². The monoisotopic (exact) mass is 286 g/mol. The van der Waals surface area contributed by atoms with Gasteiger partial charge in [0.05, 0.1) is 17.8 Å². The van der Waals surface area contributed by atoms with Gasteiger partial charge in [0.25, 0.3) is 0 Å². The van der Waals surface area contributed by atoms with Crippen LogP contribution in [0.5, 0.6) is 0 Å². The van der Waals surface area contributed by atoms with Gasteiger partial charge in [0.2, 0.25) is 5.91 Å². The van der Waals surface area contributed by atoms with Gasteiger partial charge in [-0.2, -0.15) is 5.26 Å². The maximum absolute atomic E-state index is 12.1. The molecule has 0 aromatic heterocycles. The summed E-state index contributed by atoms with van der Waals surface area (Å²) in [6.07, 6.45) is 2.26. The van der Waals surface area contributed by atoms with Crippen LogP contribution in [0.15, 0.2) is 24.3 Å². The number of para-hydroxylation sites is 1. The fourth-order valence-electron chi connectivity index (χ4n) is 2.72. The van der Waals surface area contributed by atoms with Crippen molar-refractivity contribution in [3.05, 3.63) is 29.8 Å². The first-order valence-electron chi connectivity index (χ1n) is 7.39. The average molecular weight is 286 g/mol. The maximum Gasteiger partial charge on any atom is 0.238 e. The second-order valence-electron chi connectivity index (χ2n) is 5.48. The van der Waals surface area contributed by atoms with Gasteiger partial charge in [-0.15, -0.1) is 0 Å². The molecule has 1 aromatic rings. The van der Waals surface area contributed by atoms with Crippen molar-refractivity contribution in [3.63, 3.8) is 0 Å². The summed E-state index contributed by atoms with van der Waals surface area (Å²) in [6, 6.07) is 9.17. The van der Waals surface area contributed by atoms with Crippen molar-refractivity contribution < 1.29 is 4.79 Å². The molecule has 1 saturated heterocycles. The van der Waals surface area contributed by atoms with E-state index in [1.54, 1.807) is 18.2 Å². The van der Waals surface area contributed by atoms with Crippen molar-refractivity contribution >= 4 is 11.6 Å². The molecule has 1 amide bonds. The minimum Gasteiger partial charge on any atom is -0.324 e. The summed E-state index contributed by atoms with van der Waals surface area (Å²) < 4.78 is 0. The van der Waals surface area contributed by atoms with Crippen LogP contribution in [-0.4, -0.2) is 44.0 Å². The van der Waals surface area contributed by atoms with Crippen LogP contribution in [0.25, 0.3) is 0 Å². The highest BCUT2D eigenvalue weighted by Gasteiger charge is 2.20. The number of amides is 1. The Bertz CT molecular complexity index is 515. The molecule has 0 unspecified atom stereocenters. The van der Waals surface area contributed by atoms with Crippen LogP contribution in [0.4, 0.5) is 5.69 Å². The van der Waals surface area contributed by atoms with E-state index in [2.05, 4.69) is 21.6 Å². The van der Waals surface area contributed by atoms with Gasteiger partial charge in [-0.25, -0.2) is 0 Å². The average Bonchev–Trinajstić information content (AvgIpc) is 2.50. The van der Waals surface area contributed by atoms with Crippen LogP contribution in [0, 0.1) is 17.2 Å². The molecule has 1 heterocycles. The molecule has 0 saturated carbocycles. The molecule has 1 fully saturated rings. The quantitative estimate of drug-likeness (QED) is 0.859. The van der Waals surface area contributed by atoms with E-state index in [4.69, 9.17) is 5.26 Å². The molecular weight excluding hydrogens is 264 g/mol.